The fourth-order valence-electron chi connectivity index (χ4n) is 11.2. The Hall–Kier alpha value is -5.55. The SMILES string of the molecule is CC(C)(C)c1cc(N2c3cc4c(cc3B3c5cc6c(cc5N(c5cc(C(C)(C)C)cc(C(C)(C)C)c5)c5cc(C(=O)OCc7ccccc7)cc2c53)CCCC6)CCCC4)cc(C(C)(C)C)c1. The van der Waals surface area contributed by atoms with Gasteiger partial charge in [0, 0.05) is 34.1 Å². The smallest absolute Gasteiger partial charge is 0.338 e. The van der Waals surface area contributed by atoms with E-state index in [1.807, 2.05) is 30.3 Å². The third-order valence-electron chi connectivity index (χ3n) is 15.3. The van der Waals surface area contributed by atoms with Gasteiger partial charge in [-0.05, 0) is 188 Å². The predicted octanol–water partition coefficient (Wildman–Crippen LogP) is 14.1. The van der Waals surface area contributed by atoms with Crippen molar-refractivity contribution in [2.45, 2.75) is 163 Å². The highest BCUT2D eigenvalue weighted by molar-refractivity contribution is 7.00. The number of benzene rings is 6. The molecule has 4 aliphatic rings. The molecule has 6 aromatic rings. The van der Waals surface area contributed by atoms with Gasteiger partial charge in [-0.1, -0.05) is 138 Å². The van der Waals surface area contributed by atoms with Crippen molar-refractivity contribution in [3.8, 4) is 0 Å². The fraction of sp³-hybridized carbons (Fsp3) is 0.403. The number of fused-ring (bicyclic) bond motifs is 6. The van der Waals surface area contributed by atoms with Crippen LogP contribution in [-0.4, -0.2) is 12.7 Å². The summed E-state index contributed by atoms with van der Waals surface area (Å²) < 4.78 is 6.30. The highest BCUT2D eigenvalue weighted by Crippen LogP contribution is 2.49. The first-order valence-electron chi connectivity index (χ1n) is 25.3. The Morgan fingerprint density at radius 2 is 0.851 bits per heavy atom. The normalized spacial score (nSPS) is 15.6. The Morgan fingerprint density at radius 3 is 1.22 bits per heavy atom. The van der Waals surface area contributed by atoms with Gasteiger partial charge in [-0.3, -0.25) is 0 Å². The summed E-state index contributed by atoms with van der Waals surface area (Å²) in [7, 11) is 0. The molecule has 0 amide bonds. The van der Waals surface area contributed by atoms with Gasteiger partial charge in [0.2, 0.25) is 0 Å². The van der Waals surface area contributed by atoms with Crippen molar-refractivity contribution in [3.05, 3.63) is 159 Å². The zero-order valence-electron chi connectivity index (χ0n) is 42.5. The van der Waals surface area contributed by atoms with Gasteiger partial charge in [-0.25, -0.2) is 4.79 Å². The van der Waals surface area contributed by atoms with Crippen LogP contribution in [0.1, 0.15) is 169 Å². The van der Waals surface area contributed by atoms with Crippen LogP contribution >= 0.6 is 0 Å². The molecule has 0 spiro atoms. The van der Waals surface area contributed by atoms with Crippen molar-refractivity contribution in [3.63, 3.8) is 0 Å². The van der Waals surface area contributed by atoms with E-state index in [4.69, 9.17) is 4.74 Å². The first-order chi connectivity index (χ1) is 31.6. The van der Waals surface area contributed by atoms with Gasteiger partial charge in [0.25, 0.3) is 6.71 Å². The minimum atomic E-state index is -0.315. The molecule has 344 valence electrons. The molecule has 10 rings (SSSR count). The molecule has 0 bridgehead atoms. The molecule has 0 saturated carbocycles. The summed E-state index contributed by atoms with van der Waals surface area (Å²) in [5.41, 5.74) is 23.1. The van der Waals surface area contributed by atoms with Crippen LogP contribution in [0, 0.1) is 0 Å². The summed E-state index contributed by atoms with van der Waals surface area (Å²) in [5, 5.41) is 0. The lowest BCUT2D eigenvalue weighted by Crippen LogP contribution is -2.62. The Labute approximate surface area is 402 Å². The third kappa shape index (κ3) is 8.33. The van der Waals surface area contributed by atoms with Gasteiger partial charge in [0.1, 0.15) is 6.61 Å². The van der Waals surface area contributed by atoms with Gasteiger partial charge < -0.3 is 14.5 Å². The minimum absolute atomic E-state index is 0.0305. The molecule has 5 heteroatoms. The summed E-state index contributed by atoms with van der Waals surface area (Å²) in [6.07, 6.45) is 9.22. The van der Waals surface area contributed by atoms with Crippen LogP contribution in [0.3, 0.4) is 0 Å². The Kier molecular flexibility index (Phi) is 11.0. The maximum atomic E-state index is 14.9. The van der Waals surface area contributed by atoms with Crippen LogP contribution in [0.2, 0.25) is 0 Å². The quantitative estimate of drug-likeness (QED) is 0.127. The van der Waals surface area contributed by atoms with Crippen LogP contribution in [-0.2, 0) is 58.7 Å². The molecule has 2 aliphatic carbocycles. The zero-order chi connectivity index (χ0) is 47.4. The molecule has 0 aromatic heterocycles. The summed E-state index contributed by atoms with van der Waals surface area (Å²) in [5.74, 6) is -0.315. The number of rotatable bonds is 5. The number of carbonyl (C=O) groups excluding carboxylic acids is 1. The van der Waals surface area contributed by atoms with Crippen LogP contribution in [0.5, 0.6) is 0 Å². The van der Waals surface area contributed by atoms with E-state index in [0.29, 0.717) is 5.56 Å². The number of aryl methyl sites for hydroxylation is 4. The lowest BCUT2D eigenvalue weighted by molar-refractivity contribution is 0.0473. The number of nitrogens with zero attached hydrogens (tertiary/aromatic N) is 2. The first-order valence-corrected chi connectivity index (χ1v) is 25.3. The van der Waals surface area contributed by atoms with Gasteiger partial charge in [0.05, 0.1) is 5.56 Å². The highest BCUT2D eigenvalue weighted by atomic mass is 16.5. The summed E-state index contributed by atoms with van der Waals surface area (Å²) in [4.78, 5) is 20.0. The topological polar surface area (TPSA) is 32.8 Å². The van der Waals surface area contributed by atoms with Gasteiger partial charge in [-0.2, -0.15) is 0 Å². The minimum Gasteiger partial charge on any atom is -0.457 e. The van der Waals surface area contributed by atoms with Crippen molar-refractivity contribution in [1.82, 2.24) is 0 Å². The van der Waals surface area contributed by atoms with Gasteiger partial charge >= 0.3 is 5.97 Å². The molecular weight excluding hydrogens is 816 g/mol. The van der Waals surface area contributed by atoms with E-state index < -0.39 is 0 Å². The Bertz CT molecular complexity index is 2700. The lowest BCUT2D eigenvalue weighted by Gasteiger charge is -2.46. The molecule has 67 heavy (non-hydrogen) atoms. The Morgan fingerprint density at radius 1 is 0.478 bits per heavy atom. The molecule has 0 radical (unpaired) electrons. The van der Waals surface area contributed by atoms with E-state index >= 15 is 0 Å². The lowest BCUT2D eigenvalue weighted by atomic mass is 9.33. The molecule has 0 unspecified atom stereocenters. The van der Waals surface area contributed by atoms with E-state index in [-0.39, 0.29) is 40.9 Å². The highest BCUT2D eigenvalue weighted by Gasteiger charge is 2.46. The van der Waals surface area contributed by atoms with Gasteiger partial charge in [0.15, 0.2) is 0 Å². The molecule has 0 fully saturated rings. The molecule has 2 heterocycles. The molecular formula is C62H71BN2O2. The number of anilines is 6. The van der Waals surface area contributed by atoms with Crippen molar-refractivity contribution < 1.29 is 9.53 Å². The van der Waals surface area contributed by atoms with Crippen molar-refractivity contribution in [2.24, 2.45) is 0 Å². The van der Waals surface area contributed by atoms with E-state index in [1.165, 1.54) is 98.0 Å². The van der Waals surface area contributed by atoms with Crippen LogP contribution in [0.15, 0.2) is 103 Å². The molecule has 6 aromatic carbocycles. The van der Waals surface area contributed by atoms with Crippen LogP contribution in [0.4, 0.5) is 34.1 Å². The van der Waals surface area contributed by atoms with Gasteiger partial charge in [-0.15, -0.1) is 0 Å². The molecule has 0 saturated heterocycles. The second-order valence-electron chi connectivity index (χ2n) is 24.4. The van der Waals surface area contributed by atoms with Crippen LogP contribution < -0.4 is 26.2 Å². The Balaban J connectivity index is 1.33. The number of esters is 1. The largest absolute Gasteiger partial charge is 0.457 e. The second-order valence-corrected chi connectivity index (χ2v) is 24.4. The van der Waals surface area contributed by atoms with Crippen molar-refractivity contribution in [1.29, 1.82) is 0 Å². The first kappa shape index (κ1) is 45.2. The predicted molar refractivity (Wildman–Crippen MR) is 284 cm³/mol. The fourth-order valence-corrected chi connectivity index (χ4v) is 11.2. The average Bonchev–Trinajstić information content (AvgIpc) is 3.28. The standard InChI is InChI=1S/C62H71BN2O2/c1-59(2,3)45-32-46(60(4,5)6)35-49(34-45)64-53-28-42-24-18-16-22-40(42)26-51(53)63-52-27-41-23-17-19-25-43(41)29-54(52)65(50-36-47(61(7,8)9)33-48(37-50)62(10,11)12)56-31-44(30-55(64)57(56)63)58(66)67-38-39-20-14-13-15-21-39/h13-15,20-21,26-37H,16-19,22-25,38H2,1-12H3. The number of hydrogen-bond donors (Lipinski definition) is 0. The van der Waals surface area contributed by atoms with E-state index in [9.17, 15) is 4.79 Å². The van der Waals surface area contributed by atoms with E-state index in [1.54, 1.807) is 0 Å². The van der Waals surface area contributed by atoms with Crippen molar-refractivity contribution in [2.75, 3.05) is 9.80 Å². The maximum Gasteiger partial charge on any atom is 0.338 e. The second kappa shape index (κ2) is 16.3. The van der Waals surface area contributed by atoms with E-state index in [2.05, 4.69) is 166 Å². The monoisotopic (exact) mass is 887 g/mol. The van der Waals surface area contributed by atoms with E-state index in [0.717, 1.165) is 54.0 Å². The zero-order valence-corrected chi connectivity index (χ0v) is 42.5. The maximum absolute atomic E-state index is 14.9. The number of ether oxygens (including phenoxy) is 1. The number of carbonyl (C=O) groups is 1. The molecule has 0 N–H and O–H groups in total. The average molecular weight is 887 g/mol. The van der Waals surface area contributed by atoms with Crippen LogP contribution in [0.25, 0.3) is 0 Å². The third-order valence-corrected chi connectivity index (χ3v) is 15.3. The number of hydrogen-bond acceptors (Lipinski definition) is 4. The molecule has 4 nitrogen and oxygen atoms in total. The molecule has 0 atom stereocenters. The van der Waals surface area contributed by atoms with Crippen molar-refractivity contribution >= 4 is 63.2 Å². The summed E-state index contributed by atoms with van der Waals surface area (Å²) >= 11 is 0. The molecule has 2 aliphatic heterocycles. The summed E-state index contributed by atoms with van der Waals surface area (Å²) in [6, 6.07) is 39.3. The summed E-state index contributed by atoms with van der Waals surface area (Å²) in [6.45, 7) is 28.1.